The lowest BCUT2D eigenvalue weighted by molar-refractivity contribution is 1.18. The summed E-state index contributed by atoms with van der Waals surface area (Å²) in [5, 5.41) is 8.09. The average molecular weight is 620 g/mol. The summed E-state index contributed by atoms with van der Waals surface area (Å²) >= 11 is 0. The fourth-order valence-electron chi connectivity index (χ4n) is 7.98. The molecule has 2 heteroatoms. The van der Waals surface area contributed by atoms with Gasteiger partial charge in [0.25, 0.3) is 0 Å². The van der Waals surface area contributed by atoms with Crippen molar-refractivity contribution < 1.29 is 0 Å². The van der Waals surface area contributed by atoms with Gasteiger partial charge in [-0.15, -0.1) is 0 Å². The van der Waals surface area contributed by atoms with Crippen LogP contribution in [-0.2, 0) is 0 Å². The molecule has 8 aromatic rings. The third kappa shape index (κ3) is 4.76. The van der Waals surface area contributed by atoms with Crippen LogP contribution in [0.25, 0.3) is 38.6 Å². The maximum absolute atomic E-state index is 2.79. The summed E-state index contributed by atoms with van der Waals surface area (Å²) in [7, 11) is -2.79. The Balaban J connectivity index is 1.47. The molecular weight excluding hydrogens is 583 g/mol. The van der Waals surface area contributed by atoms with E-state index in [1.165, 1.54) is 76.1 Å². The van der Waals surface area contributed by atoms with Gasteiger partial charge in [-0.25, -0.2) is 0 Å². The summed E-state index contributed by atoms with van der Waals surface area (Å²) < 4.78 is 2.41. The van der Waals surface area contributed by atoms with Crippen molar-refractivity contribution in [3.63, 3.8) is 0 Å². The minimum Gasteiger partial charge on any atom is -0.309 e. The molecule has 0 aliphatic rings. The Morgan fingerprint density at radius 3 is 1.60 bits per heavy atom. The number of para-hydroxylation sites is 2. The normalized spacial score (nSPS) is 11.7. The standard InChI is InChI=1S/C45H37NSi/c1-32-28-33(2)45(34(3)29-32)35-16-15-23-39(30-35)47(37-19-9-5-10-20-37,38-21-11-6-12-22-38)40-26-27-44-42(31-40)41-24-13-14-25-43(41)46(44)36-17-7-4-8-18-36/h4-31H,1-3H3. The zero-order valence-corrected chi connectivity index (χ0v) is 28.1. The highest BCUT2D eigenvalue weighted by Gasteiger charge is 2.42. The molecule has 1 nitrogen and oxygen atoms in total. The molecule has 0 amide bonds. The van der Waals surface area contributed by atoms with Crippen molar-refractivity contribution in [2.24, 2.45) is 0 Å². The summed E-state index contributed by atoms with van der Waals surface area (Å²) in [6.45, 7) is 6.68. The van der Waals surface area contributed by atoms with E-state index in [1.807, 2.05) is 0 Å². The molecule has 0 atom stereocenters. The van der Waals surface area contributed by atoms with Crippen LogP contribution in [0, 0.1) is 20.8 Å². The molecule has 0 aliphatic heterocycles. The van der Waals surface area contributed by atoms with Crippen LogP contribution in [0.4, 0.5) is 0 Å². The quantitative estimate of drug-likeness (QED) is 0.130. The van der Waals surface area contributed by atoms with E-state index in [4.69, 9.17) is 0 Å². The number of aromatic nitrogens is 1. The smallest absolute Gasteiger partial charge is 0.179 e. The van der Waals surface area contributed by atoms with Crippen molar-refractivity contribution in [2.45, 2.75) is 20.8 Å². The van der Waals surface area contributed by atoms with Gasteiger partial charge in [0.15, 0.2) is 8.07 Å². The third-order valence-electron chi connectivity index (χ3n) is 9.79. The molecule has 0 N–H and O–H groups in total. The van der Waals surface area contributed by atoms with Crippen LogP contribution in [0.3, 0.4) is 0 Å². The second-order valence-electron chi connectivity index (χ2n) is 12.8. The first-order chi connectivity index (χ1) is 23.1. The molecule has 0 radical (unpaired) electrons. The van der Waals surface area contributed by atoms with Crippen LogP contribution >= 0.6 is 0 Å². The van der Waals surface area contributed by atoms with Crippen LogP contribution in [0.1, 0.15) is 16.7 Å². The fourth-order valence-corrected chi connectivity index (χ4v) is 12.8. The summed E-state index contributed by atoms with van der Waals surface area (Å²) in [6.07, 6.45) is 0. The van der Waals surface area contributed by atoms with Gasteiger partial charge in [0.2, 0.25) is 0 Å². The van der Waals surface area contributed by atoms with Crippen molar-refractivity contribution in [1.82, 2.24) is 4.57 Å². The zero-order chi connectivity index (χ0) is 32.0. The number of hydrogen-bond donors (Lipinski definition) is 0. The van der Waals surface area contributed by atoms with Gasteiger partial charge in [-0.1, -0.05) is 151 Å². The van der Waals surface area contributed by atoms with Crippen molar-refractivity contribution in [2.75, 3.05) is 0 Å². The van der Waals surface area contributed by atoms with Crippen molar-refractivity contribution in [3.8, 4) is 16.8 Å². The van der Waals surface area contributed by atoms with E-state index in [0.29, 0.717) is 0 Å². The Labute approximate surface area is 278 Å². The molecule has 8 rings (SSSR count). The summed E-state index contributed by atoms with van der Waals surface area (Å²) in [6, 6.07) is 63.4. The van der Waals surface area contributed by atoms with Crippen LogP contribution in [-0.4, -0.2) is 12.6 Å². The fraction of sp³-hybridized carbons (Fsp3) is 0.0667. The number of aryl methyl sites for hydroxylation is 3. The highest BCUT2D eigenvalue weighted by atomic mass is 28.3. The van der Waals surface area contributed by atoms with Gasteiger partial charge in [0, 0.05) is 16.5 Å². The number of rotatable bonds is 6. The predicted molar refractivity (Wildman–Crippen MR) is 204 cm³/mol. The molecule has 0 bridgehead atoms. The topological polar surface area (TPSA) is 4.93 Å². The van der Waals surface area contributed by atoms with Crippen molar-refractivity contribution in [3.05, 3.63) is 187 Å². The van der Waals surface area contributed by atoms with E-state index in [0.717, 1.165) is 0 Å². The molecule has 1 aromatic heterocycles. The number of nitrogens with zero attached hydrogens (tertiary/aromatic N) is 1. The monoisotopic (exact) mass is 619 g/mol. The van der Waals surface area contributed by atoms with E-state index in [9.17, 15) is 0 Å². The van der Waals surface area contributed by atoms with Gasteiger partial charge in [0.05, 0.1) is 11.0 Å². The Kier molecular flexibility index (Phi) is 7.23. The lowest BCUT2D eigenvalue weighted by Gasteiger charge is -2.35. The molecule has 0 aliphatic carbocycles. The lowest BCUT2D eigenvalue weighted by Crippen LogP contribution is -2.74. The van der Waals surface area contributed by atoms with Crippen LogP contribution in [0.2, 0.25) is 0 Å². The Hall–Kier alpha value is -5.44. The van der Waals surface area contributed by atoms with Crippen LogP contribution < -0.4 is 20.7 Å². The van der Waals surface area contributed by atoms with Crippen molar-refractivity contribution in [1.29, 1.82) is 0 Å². The molecule has 47 heavy (non-hydrogen) atoms. The third-order valence-corrected chi connectivity index (χ3v) is 14.5. The molecule has 0 unspecified atom stereocenters. The maximum atomic E-state index is 2.51. The Morgan fingerprint density at radius 2 is 0.936 bits per heavy atom. The van der Waals surface area contributed by atoms with E-state index >= 15 is 0 Å². The molecule has 0 saturated carbocycles. The summed E-state index contributed by atoms with van der Waals surface area (Å²) in [4.78, 5) is 0. The summed E-state index contributed by atoms with van der Waals surface area (Å²) in [5.41, 5.74) is 10.2. The molecule has 1 heterocycles. The van der Waals surface area contributed by atoms with Gasteiger partial charge >= 0.3 is 0 Å². The SMILES string of the molecule is Cc1cc(C)c(-c2cccc([Si](c3ccccc3)(c3ccccc3)c3ccc4c(c3)c3ccccc3n4-c3ccccc3)c2)c(C)c1. The predicted octanol–water partition coefficient (Wildman–Crippen LogP) is 8.75. The molecule has 0 saturated heterocycles. The first kappa shape index (κ1) is 29.0. The van der Waals surface area contributed by atoms with Gasteiger partial charge in [-0.2, -0.15) is 0 Å². The Bertz CT molecular complexity index is 2310. The molecular formula is C45H37NSi. The number of hydrogen-bond acceptors (Lipinski definition) is 0. The van der Waals surface area contributed by atoms with Gasteiger partial charge in [-0.3, -0.25) is 0 Å². The number of fused-ring (bicyclic) bond motifs is 3. The van der Waals surface area contributed by atoms with E-state index in [2.05, 4.69) is 195 Å². The molecule has 0 spiro atoms. The highest BCUT2D eigenvalue weighted by Crippen LogP contribution is 2.32. The van der Waals surface area contributed by atoms with Crippen molar-refractivity contribution >= 4 is 50.6 Å². The van der Waals surface area contributed by atoms with Crippen LogP contribution in [0.5, 0.6) is 0 Å². The maximum Gasteiger partial charge on any atom is 0.179 e. The van der Waals surface area contributed by atoms with Gasteiger partial charge in [-0.05, 0) is 88.0 Å². The number of benzene rings is 7. The second kappa shape index (κ2) is 11.7. The first-order valence-corrected chi connectivity index (χ1v) is 18.4. The molecule has 0 fully saturated rings. The first-order valence-electron chi connectivity index (χ1n) is 16.4. The highest BCUT2D eigenvalue weighted by molar-refractivity contribution is 7.20. The summed E-state index contributed by atoms with van der Waals surface area (Å²) in [5.74, 6) is 0. The molecule has 7 aromatic carbocycles. The minimum atomic E-state index is -2.79. The van der Waals surface area contributed by atoms with E-state index in [-0.39, 0.29) is 0 Å². The van der Waals surface area contributed by atoms with E-state index < -0.39 is 8.07 Å². The van der Waals surface area contributed by atoms with Gasteiger partial charge in [0.1, 0.15) is 0 Å². The minimum absolute atomic E-state index is 1.18. The van der Waals surface area contributed by atoms with Crippen LogP contribution in [0.15, 0.2) is 170 Å². The van der Waals surface area contributed by atoms with E-state index in [1.54, 1.807) is 0 Å². The molecule has 226 valence electrons. The zero-order valence-electron chi connectivity index (χ0n) is 27.1. The largest absolute Gasteiger partial charge is 0.309 e. The lowest BCUT2D eigenvalue weighted by atomic mass is 9.94. The van der Waals surface area contributed by atoms with Gasteiger partial charge < -0.3 is 4.57 Å². The second-order valence-corrected chi connectivity index (χ2v) is 16.6. The Morgan fingerprint density at radius 1 is 0.404 bits per heavy atom. The average Bonchev–Trinajstić information content (AvgIpc) is 3.44.